The molecule has 0 aromatic heterocycles. The van der Waals surface area contributed by atoms with Gasteiger partial charge in [0.15, 0.2) is 0 Å². The molecule has 0 spiro atoms. The van der Waals surface area contributed by atoms with Crippen molar-refractivity contribution in [2.24, 2.45) is 0 Å². The first kappa shape index (κ1) is 8.82. The Bertz CT molecular complexity index is 8.00. The molecule has 0 aliphatic heterocycles. The molecule has 0 radical (unpaired) electrons. The van der Waals surface area contributed by atoms with Crippen LogP contribution in [0, 0.1) is 0 Å². The first-order valence-electron chi connectivity index (χ1n) is 0.280. The van der Waals surface area contributed by atoms with E-state index in [1.54, 1.807) is 0 Å². The Morgan fingerprint density at radius 1 is 1.25 bits per heavy atom. The third-order valence-corrected chi connectivity index (χ3v) is 0. The second-order valence-corrected chi connectivity index (χ2v) is 0. The quantitative estimate of drug-likeness (QED) is 0.442. The van der Waals surface area contributed by atoms with Crippen LogP contribution in [0.2, 0.25) is 0 Å². The van der Waals surface area contributed by atoms with Gasteiger partial charge in [0.05, 0.1) is 0 Å². The van der Waals surface area contributed by atoms with Gasteiger partial charge in [0.2, 0.25) is 0 Å². The Kier molecular flexibility index (Phi) is 141. The normalized spacial score (nSPS) is 2.50. The Balaban J connectivity index is 0. The van der Waals surface area contributed by atoms with Crippen molar-refractivity contribution in [3.05, 3.63) is 0 Å². The Labute approximate surface area is 39.8 Å². The molecule has 0 heterocycles. The van der Waals surface area contributed by atoms with Crippen molar-refractivity contribution < 1.29 is 39.3 Å². The zero-order valence-corrected chi connectivity index (χ0v) is 3.65. The fourth-order valence-corrected chi connectivity index (χ4v) is 0. The zero-order valence-electron chi connectivity index (χ0n) is 1.50. The average Bonchev–Trinajstić information content (AvgIpc) is 1.50. The summed E-state index contributed by atoms with van der Waals surface area (Å²) in [5.74, 6) is 0. The molecule has 0 saturated heterocycles. The van der Waals surface area contributed by atoms with Crippen LogP contribution in [0.1, 0.15) is 0 Å². The molecule has 29 valence electrons. The van der Waals surface area contributed by atoms with Crippen molar-refractivity contribution in [2.75, 3.05) is 0 Å². The molecule has 0 aliphatic carbocycles. The molecule has 0 unspecified atom stereocenters. The summed E-state index contributed by atoms with van der Waals surface area (Å²) in [6.07, 6.45) is 0. The van der Waals surface area contributed by atoms with Crippen molar-refractivity contribution in [1.29, 1.82) is 0 Å². The summed E-state index contributed by atoms with van der Waals surface area (Å²) in [6, 6.07) is 0. The van der Waals surface area contributed by atoms with Crippen molar-refractivity contribution in [2.45, 2.75) is 0 Å². The van der Waals surface area contributed by atoms with E-state index >= 15 is 0 Å². The molecule has 0 rings (SSSR count). The first-order valence-corrected chi connectivity index (χ1v) is 1.16. The number of rotatable bonds is 0. The van der Waals surface area contributed by atoms with Crippen LogP contribution >= 0.6 is 0 Å². The number of hydrogen-bond donors (Lipinski definition) is 0. The number of hydrogen-bond acceptors (Lipinski definition) is 2. The van der Waals surface area contributed by atoms with E-state index < -0.39 is 0 Å². The van der Waals surface area contributed by atoms with Gasteiger partial charge in [-0.05, 0) is 0 Å². The minimum atomic E-state index is 2.00. The molecule has 0 fully saturated rings. The average molecular weight is 147 g/mol. The van der Waals surface area contributed by atoms with Crippen molar-refractivity contribution in [3.8, 4) is 0 Å². The SMILES string of the molecule is [O]=[Co].[O]=[Fe]. The van der Waals surface area contributed by atoms with Crippen LogP contribution < -0.4 is 0 Å². The molecule has 0 aliphatic rings. The van der Waals surface area contributed by atoms with E-state index in [9.17, 15) is 0 Å². The summed E-state index contributed by atoms with van der Waals surface area (Å²) in [7, 11) is 0. The Morgan fingerprint density at radius 2 is 1.25 bits per heavy atom. The van der Waals surface area contributed by atoms with Gasteiger partial charge in [0.1, 0.15) is 0 Å². The van der Waals surface area contributed by atoms with Crippen LogP contribution in [0.25, 0.3) is 0 Å². The first-order chi connectivity index (χ1) is 2.00. The van der Waals surface area contributed by atoms with Crippen LogP contribution in [-0.4, -0.2) is 0 Å². The second kappa shape index (κ2) is 63.8. The van der Waals surface area contributed by atoms with E-state index in [0.717, 1.165) is 0 Å². The summed E-state index contributed by atoms with van der Waals surface area (Å²) in [5.41, 5.74) is 0. The van der Waals surface area contributed by atoms with Gasteiger partial charge in [-0.2, -0.15) is 0 Å². The van der Waals surface area contributed by atoms with E-state index in [0.29, 0.717) is 0 Å². The molecule has 4 heavy (non-hydrogen) atoms. The van der Waals surface area contributed by atoms with Crippen molar-refractivity contribution in [1.82, 2.24) is 0 Å². The predicted octanol–water partition coefficient (Wildman–Crippen LogP) is -0.243. The van der Waals surface area contributed by atoms with Gasteiger partial charge in [0, 0.05) is 0 Å². The van der Waals surface area contributed by atoms with Crippen LogP contribution in [0.4, 0.5) is 0 Å². The van der Waals surface area contributed by atoms with Gasteiger partial charge in [-0.3, -0.25) is 0 Å². The van der Waals surface area contributed by atoms with Crippen LogP contribution in [0.5, 0.6) is 0 Å². The molecule has 2 nitrogen and oxygen atoms in total. The summed E-state index contributed by atoms with van der Waals surface area (Å²) in [6.45, 7) is 0. The fourth-order valence-electron chi connectivity index (χ4n) is 0. The molecule has 4 heteroatoms. The second-order valence-electron chi connectivity index (χ2n) is 0. The van der Waals surface area contributed by atoms with Gasteiger partial charge in [-0.25, -0.2) is 0 Å². The predicted molar refractivity (Wildman–Crippen MR) is 1.37 cm³/mol. The van der Waals surface area contributed by atoms with Gasteiger partial charge >= 0.3 is 39.3 Å². The summed E-state index contributed by atoms with van der Waals surface area (Å²) in [4.78, 5) is 0. The topological polar surface area (TPSA) is 34.1 Å². The molecule has 0 bridgehead atoms. The summed E-state index contributed by atoms with van der Waals surface area (Å²) >= 11 is 4.31. The van der Waals surface area contributed by atoms with Crippen LogP contribution in [0.3, 0.4) is 0 Å². The molecule has 0 saturated carbocycles. The molecule has 0 aromatic rings. The fraction of sp³-hybridized carbons (Fsp3) is 0. The van der Waals surface area contributed by atoms with E-state index in [1.165, 1.54) is 0 Å². The standard InChI is InChI=1S/Co.Fe.2O. The Hall–Kier alpha value is 0.626. The third-order valence-electron chi connectivity index (χ3n) is 0. The van der Waals surface area contributed by atoms with Gasteiger partial charge in [-0.1, -0.05) is 0 Å². The maximum absolute atomic E-state index is 8.00. The third kappa shape index (κ3) is 17.7. The minimum absolute atomic E-state index is 2.00. The monoisotopic (exact) mass is 147 g/mol. The molecule has 0 N–H and O–H groups in total. The molecular formula is CoFeO2. The molecule has 0 atom stereocenters. The molecule has 0 aromatic carbocycles. The van der Waals surface area contributed by atoms with Gasteiger partial charge in [0.25, 0.3) is 0 Å². The van der Waals surface area contributed by atoms with E-state index in [1.807, 2.05) is 15.9 Å². The van der Waals surface area contributed by atoms with Gasteiger partial charge < -0.3 is 0 Å². The molecule has 0 amide bonds. The molecular weight excluding hydrogens is 147 g/mol. The van der Waals surface area contributed by atoms with E-state index in [-0.39, 0.29) is 0 Å². The van der Waals surface area contributed by atoms with E-state index in [4.69, 9.17) is 7.70 Å². The Morgan fingerprint density at radius 3 is 1.25 bits per heavy atom. The van der Waals surface area contributed by atoms with Crippen LogP contribution in [0.15, 0.2) is 0 Å². The van der Waals surface area contributed by atoms with Crippen molar-refractivity contribution in [3.63, 3.8) is 0 Å². The van der Waals surface area contributed by atoms with E-state index in [2.05, 4.69) is 15.7 Å². The maximum atomic E-state index is 8.00. The summed E-state index contributed by atoms with van der Waals surface area (Å²) in [5, 5.41) is 0. The zero-order chi connectivity index (χ0) is 4.00. The van der Waals surface area contributed by atoms with Crippen LogP contribution in [-0.2, 0) is 39.3 Å². The summed E-state index contributed by atoms with van der Waals surface area (Å²) < 4.78 is 15.9. The van der Waals surface area contributed by atoms with Gasteiger partial charge in [-0.15, -0.1) is 0 Å². The van der Waals surface area contributed by atoms with Crippen molar-refractivity contribution >= 4 is 0 Å².